The lowest BCUT2D eigenvalue weighted by Crippen LogP contribution is -1.81. The van der Waals surface area contributed by atoms with E-state index >= 15 is 0 Å². The summed E-state index contributed by atoms with van der Waals surface area (Å²) in [5.74, 6) is 0. The highest BCUT2D eigenvalue weighted by atomic mass is 15.1. The third-order valence-corrected chi connectivity index (χ3v) is 1.96. The molecule has 1 aromatic rings. The van der Waals surface area contributed by atoms with Gasteiger partial charge in [-0.05, 0) is 38.5 Å². The van der Waals surface area contributed by atoms with Crippen molar-refractivity contribution in [2.24, 2.45) is 0 Å². The summed E-state index contributed by atoms with van der Waals surface area (Å²) >= 11 is 0. The molecule has 0 aliphatic carbocycles. The van der Waals surface area contributed by atoms with Crippen molar-refractivity contribution in [1.82, 2.24) is 10.2 Å². The monoisotopic (exact) mass is 162 g/mol. The van der Waals surface area contributed by atoms with Gasteiger partial charge < -0.3 is 0 Å². The molecule has 0 saturated carbocycles. The summed E-state index contributed by atoms with van der Waals surface area (Å²) in [6.07, 6.45) is 1.73. The van der Waals surface area contributed by atoms with Gasteiger partial charge in [0.05, 0.1) is 11.4 Å². The molecule has 0 amide bonds. The summed E-state index contributed by atoms with van der Waals surface area (Å²) in [6, 6.07) is 2.00. The average molecular weight is 162 g/mol. The van der Waals surface area contributed by atoms with Gasteiger partial charge in [0, 0.05) is 0 Å². The number of rotatable bonds is 2. The average Bonchev–Trinajstić information content (AvgIpc) is 2.50. The molecule has 0 aromatic carbocycles. The minimum Gasteiger partial charge on any atom is -0.278 e. The fourth-order valence-electron chi connectivity index (χ4n) is 0.903. The maximum atomic E-state index is 4.06. The Morgan fingerprint density at radius 1 is 1.50 bits per heavy atom. The molecule has 12 heavy (non-hydrogen) atoms. The first-order valence-corrected chi connectivity index (χ1v) is 3.97. The number of aromatic amines is 1. The van der Waals surface area contributed by atoms with Crippen LogP contribution in [0, 0.1) is 0 Å². The van der Waals surface area contributed by atoms with E-state index in [1.54, 1.807) is 6.08 Å². The molecule has 2 nitrogen and oxygen atoms in total. The van der Waals surface area contributed by atoms with Crippen LogP contribution in [-0.4, -0.2) is 10.2 Å². The van der Waals surface area contributed by atoms with Crippen LogP contribution in [0.1, 0.15) is 32.2 Å². The molecular weight excluding hydrogens is 148 g/mol. The van der Waals surface area contributed by atoms with E-state index in [1.165, 1.54) is 11.1 Å². The lowest BCUT2D eigenvalue weighted by Gasteiger charge is -1.97. The maximum Gasteiger partial charge on any atom is 0.0848 e. The second-order valence-corrected chi connectivity index (χ2v) is 3.04. The zero-order valence-electron chi connectivity index (χ0n) is 7.81. The van der Waals surface area contributed by atoms with Crippen LogP contribution in [0.5, 0.6) is 0 Å². The van der Waals surface area contributed by atoms with Crippen LogP contribution < -0.4 is 0 Å². The number of aromatic nitrogens is 2. The second kappa shape index (κ2) is 3.39. The Labute approximate surface area is 73.0 Å². The van der Waals surface area contributed by atoms with E-state index in [4.69, 9.17) is 0 Å². The van der Waals surface area contributed by atoms with Gasteiger partial charge in [-0.3, -0.25) is 5.10 Å². The third kappa shape index (κ3) is 1.64. The van der Waals surface area contributed by atoms with Crippen molar-refractivity contribution in [2.75, 3.05) is 0 Å². The molecule has 1 N–H and O–H groups in total. The SMILES string of the molecule is C=Cc1cc(C(C)=C(C)C)[nH]n1. The number of hydrogen-bond acceptors (Lipinski definition) is 1. The minimum atomic E-state index is 0.894. The van der Waals surface area contributed by atoms with Crippen LogP contribution in [0.15, 0.2) is 18.2 Å². The summed E-state index contributed by atoms with van der Waals surface area (Å²) in [5, 5.41) is 7.02. The first-order chi connectivity index (χ1) is 5.65. The molecule has 0 fully saturated rings. The molecule has 0 bridgehead atoms. The Morgan fingerprint density at radius 2 is 2.17 bits per heavy atom. The van der Waals surface area contributed by atoms with E-state index < -0.39 is 0 Å². The van der Waals surface area contributed by atoms with E-state index in [-0.39, 0.29) is 0 Å². The summed E-state index contributed by atoms with van der Waals surface area (Å²) in [6.45, 7) is 9.90. The lowest BCUT2D eigenvalue weighted by atomic mass is 10.1. The highest BCUT2D eigenvalue weighted by molar-refractivity contribution is 5.64. The van der Waals surface area contributed by atoms with Gasteiger partial charge in [0.1, 0.15) is 0 Å². The van der Waals surface area contributed by atoms with Gasteiger partial charge in [-0.2, -0.15) is 5.10 Å². The standard InChI is InChI=1S/C10H14N2/c1-5-9-6-10(12-11-9)8(4)7(2)3/h5-6H,1H2,2-4H3,(H,11,12). The highest BCUT2D eigenvalue weighted by Gasteiger charge is 2.00. The van der Waals surface area contributed by atoms with Crippen LogP contribution in [0.2, 0.25) is 0 Å². The van der Waals surface area contributed by atoms with Gasteiger partial charge in [-0.15, -0.1) is 0 Å². The van der Waals surface area contributed by atoms with Gasteiger partial charge in [0.2, 0.25) is 0 Å². The number of nitrogens with zero attached hydrogens (tertiary/aromatic N) is 1. The Balaban J connectivity index is 3.05. The van der Waals surface area contributed by atoms with E-state index in [1.807, 2.05) is 6.07 Å². The van der Waals surface area contributed by atoms with Crippen LogP contribution in [0.3, 0.4) is 0 Å². The van der Waals surface area contributed by atoms with E-state index in [9.17, 15) is 0 Å². The zero-order valence-corrected chi connectivity index (χ0v) is 7.81. The summed E-state index contributed by atoms with van der Waals surface area (Å²) in [7, 11) is 0. The summed E-state index contributed by atoms with van der Waals surface area (Å²) < 4.78 is 0. The van der Waals surface area contributed by atoms with Crippen LogP contribution in [0.4, 0.5) is 0 Å². The molecule has 0 radical (unpaired) electrons. The molecule has 1 heterocycles. The summed E-state index contributed by atoms with van der Waals surface area (Å²) in [4.78, 5) is 0. The molecule has 2 heteroatoms. The van der Waals surface area contributed by atoms with E-state index in [0.717, 1.165) is 11.4 Å². The molecule has 0 saturated heterocycles. The van der Waals surface area contributed by atoms with E-state index in [2.05, 4.69) is 37.5 Å². The van der Waals surface area contributed by atoms with Crippen LogP contribution >= 0.6 is 0 Å². The Bertz CT molecular complexity index is 314. The van der Waals surface area contributed by atoms with Gasteiger partial charge in [0.25, 0.3) is 0 Å². The first-order valence-electron chi connectivity index (χ1n) is 3.97. The number of nitrogens with one attached hydrogen (secondary N) is 1. The smallest absolute Gasteiger partial charge is 0.0848 e. The number of allylic oxidation sites excluding steroid dienone is 2. The third-order valence-electron chi connectivity index (χ3n) is 1.96. The number of H-pyrrole nitrogens is 1. The van der Waals surface area contributed by atoms with Crippen molar-refractivity contribution < 1.29 is 0 Å². The van der Waals surface area contributed by atoms with Gasteiger partial charge >= 0.3 is 0 Å². The number of hydrogen-bond donors (Lipinski definition) is 1. The second-order valence-electron chi connectivity index (χ2n) is 3.04. The molecule has 0 aliphatic rings. The minimum absolute atomic E-state index is 0.894. The summed E-state index contributed by atoms with van der Waals surface area (Å²) in [5.41, 5.74) is 4.51. The van der Waals surface area contributed by atoms with Crippen LogP contribution in [-0.2, 0) is 0 Å². The van der Waals surface area contributed by atoms with Crippen molar-refractivity contribution >= 4 is 11.6 Å². The van der Waals surface area contributed by atoms with Crippen molar-refractivity contribution in [3.63, 3.8) is 0 Å². The Morgan fingerprint density at radius 3 is 2.58 bits per heavy atom. The molecule has 1 aromatic heterocycles. The molecule has 64 valence electrons. The lowest BCUT2D eigenvalue weighted by molar-refractivity contribution is 1.06. The largest absolute Gasteiger partial charge is 0.278 e. The quantitative estimate of drug-likeness (QED) is 0.711. The van der Waals surface area contributed by atoms with Crippen LogP contribution in [0.25, 0.3) is 11.6 Å². The van der Waals surface area contributed by atoms with Crippen molar-refractivity contribution in [3.05, 3.63) is 29.6 Å². The first kappa shape index (κ1) is 8.78. The van der Waals surface area contributed by atoms with Gasteiger partial charge in [-0.25, -0.2) is 0 Å². The molecule has 0 spiro atoms. The van der Waals surface area contributed by atoms with Crippen molar-refractivity contribution in [3.8, 4) is 0 Å². The molecule has 1 rings (SSSR count). The molecular formula is C10H14N2. The van der Waals surface area contributed by atoms with Crippen molar-refractivity contribution in [1.29, 1.82) is 0 Å². The topological polar surface area (TPSA) is 28.7 Å². The van der Waals surface area contributed by atoms with E-state index in [0.29, 0.717) is 0 Å². The van der Waals surface area contributed by atoms with Gasteiger partial charge in [0.15, 0.2) is 0 Å². The predicted octanol–water partition coefficient (Wildman–Crippen LogP) is 2.87. The zero-order chi connectivity index (χ0) is 9.14. The van der Waals surface area contributed by atoms with Crippen molar-refractivity contribution in [2.45, 2.75) is 20.8 Å². The highest BCUT2D eigenvalue weighted by Crippen LogP contribution is 2.16. The molecule has 0 atom stereocenters. The fraction of sp³-hybridized carbons (Fsp3) is 0.300. The normalized spacial score (nSPS) is 9.58. The predicted molar refractivity (Wildman–Crippen MR) is 52.6 cm³/mol. The Hall–Kier alpha value is -1.31. The Kier molecular flexibility index (Phi) is 2.48. The fourth-order valence-corrected chi connectivity index (χ4v) is 0.903. The van der Waals surface area contributed by atoms with Gasteiger partial charge in [-0.1, -0.05) is 12.2 Å². The maximum absolute atomic E-state index is 4.06. The molecule has 0 unspecified atom stereocenters. The molecule has 0 aliphatic heterocycles.